The van der Waals surface area contributed by atoms with E-state index in [1.54, 1.807) is 6.33 Å². The Hall–Kier alpha value is -1.84. The van der Waals surface area contributed by atoms with Gasteiger partial charge in [0, 0.05) is 19.3 Å². The number of fused-ring (bicyclic) bond motifs is 1. The summed E-state index contributed by atoms with van der Waals surface area (Å²) in [5, 5.41) is 1.10. The molecule has 0 saturated carbocycles. The fraction of sp³-hybridized carbons (Fsp3) is 0.333. The molecule has 0 fully saturated rings. The molecule has 84 valence electrons. The molecule has 0 radical (unpaired) electrons. The van der Waals surface area contributed by atoms with Crippen LogP contribution in [0.1, 0.15) is 11.3 Å². The van der Waals surface area contributed by atoms with Gasteiger partial charge in [0.1, 0.15) is 17.8 Å². The second-order valence-electron chi connectivity index (χ2n) is 3.97. The van der Waals surface area contributed by atoms with Gasteiger partial charge in [0.2, 0.25) is 0 Å². The van der Waals surface area contributed by atoms with Gasteiger partial charge in [-0.2, -0.15) is 0 Å². The average molecular weight is 216 g/mol. The number of H-pyrrole nitrogens is 1. The molecule has 2 rings (SSSR count). The van der Waals surface area contributed by atoms with Crippen LogP contribution in [0.3, 0.4) is 0 Å². The van der Waals surface area contributed by atoms with Crippen LogP contribution in [0.4, 0.5) is 5.82 Å². The first-order valence-corrected chi connectivity index (χ1v) is 5.27. The van der Waals surface area contributed by atoms with Gasteiger partial charge in [0.05, 0.1) is 5.39 Å². The van der Waals surface area contributed by atoms with Crippen molar-refractivity contribution in [3.63, 3.8) is 0 Å². The number of nitrogens with one attached hydrogen (secondary N) is 1. The first-order chi connectivity index (χ1) is 7.65. The van der Waals surface area contributed by atoms with Crippen LogP contribution in [0.15, 0.2) is 19.0 Å². The van der Waals surface area contributed by atoms with Crippen LogP contribution >= 0.6 is 0 Å². The molecule has 4 heteroatoms. The number of nitrogens with zero attached hydrogens (tertiary/aromatic N) is 3. The minimum absolute atomic E-state index is 0.774. The normalized spacial score (nSPS) is 10.7. The lowest BCUT2D eigenvalue weighted by Gasteiger charge is -2.16. The molecule has 4 nitrogen and oxygen atoms in total. The predicted molar refractivity (Wildman–Crippen MR) is 66.8 cm³/mol. The first-order valence-electron chi connectivity index (χ1n) is 5.27. The number of aromatic amines is 1. The summed E-state index contributed by atoms with van der Waals surface area (Å²) in [6, 6.07) is 0. The van der Waals surface area contributed by atoms with Crippen molar-refractivity contribution in [1.82, 2.24) is 15.0 Å². The summed E-state index contributed by atoms with van der Waals surface area (Å²) in [6.45, 7) is 8.65. The van der Waals surface area contributed by atoms with Crippen molar-refractivity contribution in [2.45, 2.75) is 13.8 Å². The van der Waals surface area contributed by atoms with Gasteiger partial charge < -0.3 is 9.88 Å². The van der Waals surface area contributed by atoms with Crippen molar-refractivity contribution in [2.24, 2.45) is 0 Å². The Kier molecular flexibility index (Phi) is 2.64. The third kappa shape index (κ3) is 1.56. The Balaban J connectivity index is 2.64. The summed E-state index contributed by atoms with van der Waals surface area (Å²) >= 11 is 0. The van der Waals surface area contributed by atoms with Gasteiger partial charge in [-0.05, 0) is 19.4 Å². The minimum atomic E-state index is 0.774. The van der Waals surface area contributed by atoms with Gasteiger partial charge in [-0.3, -0.25) is 0 Å². The molecule has 0 aromatic carbocycles. The van der Waals surface area contributed by atoms with Gasteiger partial charge >= 0.3 is 0 Å². The second kappa shape index (κ2) is 3.96. The average Bonchev–Trinajstić information content (AvgIpc) is 2.55. The fourth-order valence-corrected chi connectivity index (χ4v) is 1.84. The summed E-state index contributed by atoms with van der Waals surface area (Å²) in [4.78, 5) is 13.9. The predicted octanol–water partition coefficient (Wildman–Crippen LogP) is 2.20. The third-order valence-corrected chi connectivity index (χ3v) is 2.84. The van der Waals surface area contributed by atoms with Crippen molar-refractivity contribution < 1.29 is 0 Å². The van der Waals surface area contributed by atoms with E-state index in [1.807, 2.05) is 20.0 Å². The van der Waals surface area contributed by atoms with Gasteiger partial charge in [0.15, 0.2) is 0 Å². The van der Waals surface area contributed by atoms with Crippen molar-refractivity contribution >= 4 is 16.9 Å². The maximum atomic E-state index is 4.35. The summed E-state index contributed by atoms with van der Waals surface area (Å²) in [5.74, 6) is 0.951. The van der Waals surface area contributed by atoms with E-state index in [1.165, 1.54) is 5.56 Å². The largest absolute Gasteiger partial charge is 0.355 e. The Morgan fingerprint density at radius 3 is 2.88 bits per heavy atom. The highest BCUT2D eigenvalue weighted by Crippen LogP contribution is 2.27. The molecule has 0 aliphatic carbocycles. The van der Waals surface area contributed by atoms with Crippen LogP contribution in [-0.2, 0) is 0 Å². The molecule has 0 atom stereocenters. The molecule has 0 spiro atoms. The zero-order chi connectivity index (χ0) is 11.7. The zero-order valence-electron chi connectivity index (χ0n) is 9.91. The SMILES string of the molecule is C=CCN(C)c1ncnc2[nH]c(C)c(C)c12. The number of aryl methyl sites for hydroxylation is 2. The molecule has 2 aromatic heterocycles. The number of anilines is 1. The lowest BCUT2D eigenvalue weighted by molar-refractivity contribution is 0.990. The third-order valence-electron chi connectivity index (χ3n) is 2.84. The van der Waals surface area contributed by atoms with E-state index in [0.29, 0.717) is 0 Å². The maximum absolute atomic E-state index is 4.35. The molecular formula is C12H16N4. The minimum Gasteiger partial charge on any atom is -0.355 e. The molecule has 1 N–H and O–H groups in total. The highest BCUT2D eigenvalue weighted by atomic mass is 15.2. The number of hydrogen-bond donors (Lipinski definition) is 1. The molecule has 2 aromatic rings. The molecule has 0 aliphatic heterocycles. The van der Waals surface area contributed by atoms with E-state index in [9.17, 15) is 0 Å². The number of aromatic nitrogens is 3. The quantitative estimate of drug-likeness (QED) is 0.800. The zero-order valence-corrected chi connectivity index (χ0v) is 9.91. The van der Waals surface area contributed by atoms with Gasteiger partial charge in [-0.1, -0.05) is 6.08 Å². The van der Waals surface area contributed by atoms with Gasteiger partial charge in [-0.25, -0.2) is 9.97 Å². The lowest BCUT2D eigenvalue weighted by Crippen LogP contribution is -2.18. The van der Waals surface area contributed by atoms with Gasteiger partial charge in [-0.15, -0.1) is 6.58 Å². The fourth-order valence-electron chi connectivity index (χ4n) is 1.84. The van der Waals surface area contributed by atoms with E-state index >= 15 is 0 Å². The van der Waals surface area contributed by atoms with Crippen LogP contribution in [0.25, 0.3) is 11.0 Å². The van der Waals surface area contributed by atoms with Crippen molar-refractivity contribution in [3.05, 3.63) is 30.2 Å². The van der Waals surface area contributed by atoms with Crippen LogP contribution in [0.2, 0.25) is 0 Å². The van der Waals surface area contributed by atoms with Crippen LogP contribution in [0, 0.1) is 13.8 Å². The van der Waals surface area contributed by atoms with Crippen molar-refractivity contribution in [2.75, 3.05) is 18.5 Å². The van der Waals surface area contributed by atoms with Crippen molar-refractivity contribution in [1.29, 1.82) is 0 Å². The Bertz CT molecular complexity index is 527. The van der Waals surface area contributed by atoms with E-state index < -0.39 is 0 Å². The Morgan fingerprint density at radius 1 is 1.44 bits per heavy atom. The molecular weight excluding hydrogens is 200 g/mol. The number of likely N-dealkylation sites (N-methyl/N-ethyl adjacent to an activating group) is 1. The highest BCUT2D eigenvalue weighted by molar-refractivity contribution is 5.91. The summed E-state index contributed by atoms with van der Waals surface area (Å²) in [5.41, 5.74) is 3.25. The standard InChI is InChI=1S/C12H16N4/c1-5-6-16(4)12-10-8(2)9(3)15-11(10)13-7-14-12/h5,7H,1,6H2,2-4H3,(H,13,14,15). The summed E-state index contributed by atoms with van der Waals surface area (Å²) < 4.78 is 0. The van der Waals surface area contributed by atoms with Crippen molar-refractivity contribution in [3.8, 4) is 0 Å². The molecule has 16 heavy (non-hydrogen) atoms. The first kappa shape index (κ1) is 10.7. The Morgan fingerprint density at radius 2 is 2.19 bits per heavy atom. The number of hydrogen-bond acceptors (Lipinski definition) is 3. The van der Waals surface area contributed by atoms with E-state index in [-0.39, 0.29) is 0 Å². The maximum Gasteiger partial charge on any atom is 0.143 e. The second-order valence-corrected chi connectivity index (χ2v) is 3.97. The van der Waals surface area contributed by atoms with Gasteiger partial charge in [0.25, 0.3) is 0 Å². The molecule has 0 amide bonds. The Labute approximate surface area is 95.0 Å². The molecule has 0 saturated heterocycles. The lowest BCUT2D eigenvalue weighted by atomic mass is 10.2. The van der Waals surface area contributed by atoms with E-state index in [4.69, 9.17) is 0 Å². The molecule has 0 bridgehead atoms. The molecule has 0 unspecified atom stereocenters. The highest BCUT2D eigenvalue weighted by Gasteiger charge is 2.13. The van der Waals surface area contributed by atoms with E-state index in [0.717, 1.165) is 29.1 Å². The number of rotatable bonds is 3. The molecule has 2 heterocycles. The van der Waals surface area contributed by atoms with E-state index in [2.05, 4.69) is 33.4 Å². The smallest absolute Gasteiger partial charge is 0.143 e. The summed E-state index contributed by atoms with van der Waals surface area (Å²) in [7, 11) is 2.01. The summed E-state index contributed by atoms with van der Waals surface area (Å²) in [6.07, 6.45) is 3.45. The van der Waals surface area contributed by atoms with Crippen LogP contribution in [-0.4, -0.2) is 28.5 Å². The topological polar surface area (TPSA) is 44.8 Å². The monoisotopic (exact) mass is 216 g/mol. The van der Waals surface area contributed by atoms with Crippen LogP contribution < -0.4 is 4.90 Å². The molecule has 0 aliphatic rings. The van der Waals surface area contributed by atoms with Crippen LogP contribution in [0.5, 0.6) is 0 Å².